The van der Waals surface area contributed by atoms with E-state index in [-0.39, 0.29) is 54.4 Å². The molecule has 9 heteroatoms. The molecule has 1 N–H and O–H groups in total. The molecule has 0 aliphatic rings. The second-order valence-electron chi connectivity index (χ2n) is 6.75. The zero-order chi connectivity index (χ0) is 20.6. The number of hydrogen-bond acceptors (Lipinski definition) is 6. The van der Waals surface area contributed by atoms with Gasteiger partial charge in [0.15, 0.2) is 0 Å². The largest absolute Gasteiger partial charge is 1.00 e. The van der Waals surface area contributed by atoms with Crippen molar-refractivity contribution >= 4 is 29.6 Å². The van der Waals surface area contributed by atoms with Gasteiger partial charge in [-0.25, -0.2) is 4.79 Å². The van der Waals surface area contributed by atoms with Gasteiger partial charge in [-0.05, 0) is 24.1 Å². The van der Waals surface area contributed by atoms with Gasteiger partial charge in [-0.3, -0.25) is 4.79 Å². The molecule has 1 rings (SSSR count). The minimum atomic E-state index is -1.25. The third kappa shape index (κ3) is 9.28. The number of carboxylic acids is 1. The number of nitrogens with one attached hydrogen (secondary N) is 1. The van der Waals surface area contributed by atoms with Gasteiger partial charge in [-0.15, -0.1) is 0 Å². The van der Waals surface area contributed by atoms with E-state index in [4.69, 9.17) is 21.1 Å². The Morgan fingerprint density at radius 2 is 1.64 bits per heavy atom. The van der Waals surface area contributed by atoms with Crippen LogP contribution in [0.5, 0.6) is 0 Å². The van der Waals surface area contributed by atoms with Crippen molar-refractivity contribution in [2.24, 2.45) is 11.8 Å². The van der Waals surface area contributed by atoms with Crippen molar-refractivity contribution in [3.05, 3.63) is 34.9 Å². The molecule has 0 radical (unpaired) electrons. The predicted octanol–water partition coefficient (Wildman–Crippen LogP) is -0.525. The van der Waals surface area contributed by atoms with Crippen LogP contribution in [0.4, 0.5) is 4.79 Å². The van der Waals surface area contributed by atoms with Gasteiger partial charge in [0.05, 0.1) is 5.92 Å². The van der Waals surface area contributed by atoms with E-state index in [1.54, 1.807) is 52.0 Å². The molecule has 7 nitrogen and oxygen atoms in total. The first kappa shape index (κ1) is 26.7. The number of halogens is 1. The molecule has 0 aliphatic carbocycles. The second kappa shape index (κ2) is 13.0. The van der Waals surface area contributed by atoms with Gasteiger partial charge in [-0.1, -0.05) is 51.4 Å². The molecule has 150 valence electrons. The van der Waals surface area contributed by atoms with Crippen LogP contribution in [0, 0.1) is 11.8 Å². The molecular weight excluding hydrogens is 397 g/mol. The number of esters is 1. The maximum atomic E-state index is 11.9. The molecule has 0 bridgehead atoms. The number of carbonyl (C=O) groups excluding carboxylic acids is 3. The monoisotopic (exact) mass is 421 g/mol. The number of ether oxygens (including phenoxy) is 2. The maximum absolute atomic E-state index is 11.9. The average molecular weight is 422 g/mol. The molecule has 1 aromatic carbocycles. The minimum Gasteiger partial charge on any atom is -0.549 e. The van der Waals surface area contributed by atoms with Gasteiger partial charge in [0.25, 0.3) is 6.29 Å². The van der Waals surface area contributed by atoms with Crippen LogP contribution in [0.1, 0.15) is 45.6 Å². The number of benzene rings is 1. The predicted molar refractivity (Wildman–Crippen MR) is 97.9 cm³/mol. The third-order valence-electron chi connectivity index (χ3n) is 3.73. The molecule has 0 spiro atoms. The number of aliphatic carboxylic acids is 1. The molecule has 28 heavy (non-hydrogen) atoms. The van der Waals surface area contributed by atoms with E-state index in [0.717, 1.165) is 0 Å². The Balaban J connectivity index is 0.00000729. The summed E-state index contributed by atoms with van der Waals surface area (Å²) in [5, 5.41) is 14.3. The summed E-state index contributed by atoms with van der Waals surface area (Å²) in [6.07, 6.45) is -1.71. The molecule has 0 saturated heterocycles. The topological polar surface area (TPSA) is 105 Å². The van der Waals surface area contributed by atoms with Gasteiger partial charge in [-0.2, -0.15) is 0 Å². The van der Waals surface area contributed by atoms with Crippen molar-refractivity contribution in [1.82, 2.24) is 5.32 Å². The zero-order valence-corrected chi connectivity index (χ0v) is 19.6. The smallest absolute Gasteiger partial charge is 0.549 e. The number of amides is 1. The molecule has 1 aromatic rings. The van der Waals surface area contributed by atoms with Crippen molar-refractivity contribution in [2.45, 2.75) is 46.3 Å². The number of hydrogen-bond donors (Lipinski definition) is 1. The second-order valence-corrected chi connectivity index (χ2v) is 7.18. The van der Waals surface area contributed by atoms with Crippen LogP contribution in [0.3, 0.4) is 0 Å². The fraction of sp³-hybridized carbons (Fsp3) is 0.526. The SMILES string of the molecule is CC(C)C(=O)OC(OC(=O)NCCC(C(=O)[O-])c1ccc(Cl)cc1)C(C)C.[Na+]. The standard InChI is InChI=1S/C19H26ClNO6.Na/c1-11(2)17(24)26-18(12(3)4)27-19(25)21-10-9-15(16(22)23)13-5-7-14(20)8-6-13;/h5-8,11-12,15,18H,9-10H2,1-4H3,(H,21,25)(H,22,23);/q;+1/p-1. The van der Waals surface area contributed by atoms with Crippen molar-refractivity contribution in [3.63, 3.8) is 0 Å². The maximum Gasteiger partial charge on any atom is 1.00 e. The van der Waals surface area contributed by atoms with E-state index in [2.05, 4.69) is 5.32 Å². The first-order valence-electron chi connectivity index (χ1n) is 8.73. The van der Waals surface area contributed by atoms with Crippen LogP contribution in [-0.2, 0) is 19.1 Å². The van der Waals surface area contributed by atoms with Gasteiger partial charge >= 0.3 is 41.6 Å². The summed E-state index contributed by atoms with van der Waals surface area (Å²) in [7, 11) is 0. The Hall–Kier alpha value is -1.28. The van der Waals surface area contributed by atoms with Crippen LogP contribution in [0.25, 0.3) is 0 Å². The molecule has 0 fully saturated rings. The van der Waals surface area contributed by atoms with E-state index < -0.39 is 30.2 Å². The molecule has 0 heterocycles. The minimum absolute atomic E-state index is 0. The summed E-state index contributed by atoms with van der Waals surface area (Å²) in [6, 6.07) is 6.37. The first-order valence-corrected chi connectivity index (χ1v) is 9.11. The van der Waals surface area contributed by atoms with Crippen molar-refractivity contribution < 1.29 is 58.5 Å². The fourth-order valence-electron chi connectivity index (χ4n) is 2.13. The summed E-state index contributed by atoms with van der Waals surface area (Å²) in [5.74, 6) is -3.20. The van der Waals surface area contributed by atoms with Gasteiger partial charge in [0.1, 0.15) is 0 Å². The van der Waals surface area contributed by atoms with Crippen molar-refractivity contribution in [1.29, 1.82) is 0 Å². The Morgan fingerprint density at radius 3 is 2.11 bits per heavy atom. The van der Waals surface area contributed by atoms with Crippen LogP contribution in [-0.4, -0.2) is 30.9 Å². The third-order valence-corrected chi connectivity index (χ3v) is 3.98. The summed E-state index contributed by atoms with van der Waals surface area (Å²) in [4.78, 5) is 35.0. The van der Waals surface area contributed by atoms with E-state index in [1.807, 2.05) is 0 Å². The fourth-order valence-corrected chi connectivity index (χ4v) is 2.25. The summed E-state index contributed by atoms with van der Waals surface area (Å²) >= 11 is 5.80. The van der Waals surface area contributed by atoms with Crippen LogP contribution < -0.4 is 40.0 Å². The van der Waals surface area contributed by atoms with Gasteiger partial charge in [0, 0.05) is 29.4 Å². The number of rotatable bonds is 9. The zero-order valence-electron chi connectivity index (χ0n) is 16.9. The Morgan fingerprint density at radius 1 is 1.07 bits per heavy atom. The quantitative estimate of drug-likeness (QED) is 0.327. The van der Waals surface area contributed by atoms with E-state index >= 15 is 0 Å². The molecule has 1 amide bonds. The number of carbonyl (C=O) groups is 3. The average Bonchev–Trinajstić information content (AvgIpc) is 2.58. The van der Waals surface area contributed by atoms with Gasteiger partial charge < -0.3 is 24.7 Å². The summed E-state index contributed by atoms with van der Waals surface area (Å²) < 4.78 is 10.3. The van der Waals surface area contributed by atoms with E-state index in [1.165, 1.54) is 0 Å². The van der Waals surface area contributed by atoms with Gasteiger partial charge in [0.2, 0.25) is 0 Å². The Labute approximate surface area is 192 Å². The van der Waals surface area contributed by atoms with E-state index in [9.17, 15) is 19.5 Å². The summed E-state index contributed by atoms with van der Waals surface area (Å²) in [6.45, 7) is 6.90. The Bertz CT molecular complexity index is 650. The van der Waals surface area contributed by atoms with Crippen molar-refractivity contribution in [2.75, 3.05) is 6.54 Å². The van der Waals surface area contributed by atoms with Crippen LogP contribution in [0.15, 0.2) is 24.3 Å². The molecule has 2 unspecified atom stereocenters. The molecular formula is C19H25ClNNaO6. The molecule has 2 atom stereocenters. The van der Waals surface area contributed by atoms with Crippen LogP contribution >= 0.6 is 11.6 Å². The first-order chi connectivity index (χ1) is 12.6. The Kier molecular flexibility index (Phi) is 12.4. The summed E-state index contributed by atoms with van der Waals surface area (Å²) in [5.41, 5.74) is 0.528. The number of alkyl carbamates (subject to hydrolysis) is 1. The molecule has 0 saturated carbocycles. The molecule has 0 aromatic heterocycles. The normalized spacial score (nSPS) is 12.7. The van der Waals surface area contributed by atoms with Crippen molar-refractivity contribution in [3.8, 4) is 0 Å². The van der Waals surface area contributed by atoms with E-state index in [0.29, 0.717) is 10.6 Å². The molecule has 0 aliphatic heterocycles. The van der Waals surface area contributed by atoms with Crippen LogP contribution in [0.2, 0.25) is 5.02 Å². The number of carboxylic acid groups (broad SMARTS) is 1.